The number of hydrogen-bond acceptors (Lipinski definition) is 0. The molecule has 0 N–H and O–H groups in total. The lowest BCUT2D eigenvalue weighted by Gasteiger charge is -1.95. The van der Waals surface area contributed by atoms with Crippen LogP contribution in [-0.2, 0) is 6.42 Å². The third kappa shape index (κ3) is 2.77. The van der Waals surface area contributed by atoms with E-state index in [1.54, 1.807) is 5.54 Å². The molecule has 0 aliphatic carbocycles. The molecule has 0 saturated heterocycles. The summed E-state index contributed by atoms with van der Waals surface area (Å²) in [6.45, 7) is 2.08. The number of aryl methyl sites for hydroxylation is 1. The average molecular weight is 167 g/mol. The molecule has 11 heavy (non-hydrogen) atoms. The van der Waals surface area contributed by atoms with Gasteiger partial charge in [-0.2, -0.15) is 0 Å². The molecule has 0 saturated carbocycles. The highest BCUT2D eigenvalue weighted by atomic mass is 35.5. The van der Waals surface area contributed by atoms with Crippen molar-refractivity contribution in [2.24, 2.45) is 0 Å². The van der Waals surface area contributed by atoms with Crippen LogP contribution in [0.3, 0.4) is 0 Å². The van der Waals surface area contributed by atoms with Gasteiger partial charge in [-0.3, -0.25) is 0 Å². The zero-order chi connectivity index (χ0) is 8.10. The first-order valence-electron chi connectivity index (χ1n) is 3.63. The van der Waals surface area contributed by atoms with Gasteiger partial charge in [-0.1, -0.05) is 47.5 Å². The van der Waals surface area contributed by atoms with E-state index in [9.17, 15) is 0 Å². The van der Waals surface area contributed by atoms with Crippen molar-refractivity contribution < 1.29 is 0 Å². The molecule has 0 fully saturated rings. The molecule has 0 radical (unpaired) electrons. The molecular weight excluding hydrogens is 156 g/mol. The Morgan fingerprint density at radius 1 is 1.27 bits per heavy atom. The molecule has 0 spiro atoms. The predicted octanol–water partition coefficient (Wildman–Crippen LogP) is 3.29. The Hall–Kier alpha value is -0.750. The summed E-state index contributed by atoms with van der Waals surface area (Å²) in [5, 5.41) is 0. The number of rotatable bonds is 2. The largest absolute Gasteiger partial charge is 0.0933 e. The number of benzene rings is 1. The first-order valence-corrected chi connectivity index (χ1v) is 4.07. The molecule has 0 aromatic heterocycles. The van der Waals surface area contributed by atoms with Gasteiger partial charge in [-0.25, -0.2) is 0 Å². The molecule has 0 atom stereocenters. The van der Waals surface area contributed by atoms with E-state index in [1.165, 1.54) is 11.1 Å². The zero-order valence-corrected chi connectivity index (χ0v) is 7.31. The summed E-state index contributed by atoms with van der Waals surface area (Å²) in [7, 11) is 0. The molecule has 0 aliphatic rings. The van der Waals surface area contributed by atoms with Crippen LogP contribution < -0.4 is 0 Å². The summed E-state index contributed by atoms with van der Waals surface area (Å²) < 4.78 is 0. The van der Waals surface area contributed by atoms with Gasteiger partial charge in [-0.05, 0) is 18.9 Å². The number of halogens is 1. The van der Waals surface area contributed by atoms with Crippen molar-refractivity contribution >= 4 is 11.6 Å². The molecule has 58 valence electrons. The number of allylic oxidation sites excluding steroid dienone is 1. The van der Waals surface area contributed by atoms with Gasteiger partial charge in [-0.15, -0.1) is 0 Å². The van der Waals surface area contributed by atoms with Gasteiger partial charge in [0.25, 0.3) is 0 Å². The Balaban J connectivity index is 2.66. The summed E-state index contributed by atoms with van der Waals surface area (Å²) in [6.07, 6.45) is 2.86. The lowest BCUT2D eigenvalue weighted by atomic mass is 10.1. The summed E-state index contributed by atoms with van der Waals surface area (Å²) in [5.41, 5.74) is 4.15. The Morgan fingerprint density at radius 2 is 1.91 bits per heavy atom. The lowest BCUT2D eigenvalue weighted by molar-refractivity contribution is 1.26. The maximum Gasteiger partial charge on any atom is 0.000580 e. The summed E-state index contributed by atoms with van der Waals surface area (Å²) in [5.74, 6) is 0. The van der Waals surface area contributed by atoms with E-state index in [0.717, 1.165) is 6.42 Å². The van der Waals surface area contributed by atoms with E-state index in [2.05, 4.69) is 31.2 Å². The normalized spacial score (nSPS) is 10.7. The second kappa shape index (κ2) is 4.20. The maximum absolute atomic E-state index is 5.40. The van der Waals surface area contributed by atoms with Gasteiger partial charge in [0.1, 0.15) is 0 Å². The van der Waals surface area contributed by atoms with Crippen molar-refractivity contribution in [1.29, 1.82) is 0 Å². The third-order valence-electron chi connectivity index (χ3n) is 1.56. The fraction of sp³-hybridized carbons (Fsp3) is 0.200. The van der Waals surface area contributed by atoms with Gasteiger partial charge in [0.05, 0.1) is 0 Å². The van der Waals surface area contributed by atoms with Crippen LogP contribution in [0.5, 0.6) is 0 Å². The minimum atomic E-state index is 0.920. The van der Waals surface area contributed by atoms with E-state index in [0.29, 0.717) is 0 Å². The van der Waals surface area contributed by atoms with Gasteiger partial charge in [0.2, 0.25) is 0 Å². The average Bonchev–Trinajstić information content (AvgIpc) is 2.04. The van der Waals surface area contributed by atoms with Gasteiger partial charge < -0.3 is 0 Å². The van der Waals surface area contributed by atoms with Crippen LogP contribution in [0.15, 0.2) is 35.9 Å². The van der Waals surface area contributed by atoms with Crippen LogP contribution in [0.2, 0.25) is 0 Å². The van der Waals surface area contributed by atoms with Crippen LogP contribution in [0.25, 0.3) is 0 Å². The molecule has 0 bridgehead atoms. The molecule has 1 rings (SSSR count). The smallest absolute Gasteiger partial charge is 0.000580 e. The van der Waals surface area contributed by atoms with Crippen LogP contribution in [-0.4, -0.2) is 0 Å². The van der Waals surface area contributed by atoms with Crippen LogP contribution in [0, 0.1) is 6.92 Å². The van der Waals surface area contributed by atoms with E-state index >= 15 is 0 Å². The van der Waals surface area contributed by atoms with Crippen molar-refractivity contribution in [1.82, 2.24) is 0 Å². The fourth-order valence-electron chi connectivity index (χ4n) is 0.905. The highest BCUT2D eigenvalue weighted by Gasteiger charge is 1.87. The van der Waals surface area contributed by atoms with Crippen LogP contribution >= 0.6 is 11.6 Å². The first kappa shape index (κ1) is 8.35. The van der Waals surface area contributed by atoms with Crippen LogP contribution in [0.1, 0.15) is 11.1 Å². The van der Waals surface area contributed by atoms with Crippen LogP contribution in [0.4, 0.5) is 0 Å². The predicted molar refractivity (Wildman–Crippen MR) is 49.9 cm³/mol. The first-order chi connectivity index (χ1) is 5.33. The zero-order valence-electron chi connectivity index (χ0n) is 6.55. The molecule has 0 unspecified atom stereocenters. The Morgan fingerprint density at radius 3 is 2.45 bits per heavy atom. The molecule has 0 aliphatic heterocycles. The highest BCUT2D eigenvalue weighted by molar-refractivity contribution is 6.25. The molecule has 1 aromatic rings. The third-order valence-corrected chi connectivity index (χ3v) is 1.74. The topological polar surface area (TPSA) is 0 Å². The Bertz CT molecular complexity index is 234. The second-order valence-electron chi connectivity index (χ2n) is 2.55. The van der Waals surface area contributed by atoms with Crippen molar-refractivity contribution in [3.63, 3.8) is 0 Å². The second-order valence-corrected chi connectivity index (χ2v) is 2.80. The van der Waals surface area contributed by atoms with E-state index < -0.39 is 0 Å². The molecule has 1 aromatic carbocycles. The molecular formula is C10H11Cl. The molecule has 0 amide bonds. The molecule has 0 nitrogen and oxygen atoms in total. The van der Waals surface area contributed by atoms with E-state index in [-0.39, 0.29) is 0 Å². The Kier molecular flexibility index (Phi) is 3.18. The Labute approximate surface area is 72.5 Å². The van der Waals surface area contributed by atoms with Crippen molar-refractivity contribution in [3.8, 4) is 0 Å². The summed E-state index contributed by atoms with van der Waals surface area (Å²) in [6, 6.07) is 8.45. The quantitative estimate of drug-likeness (QED) is 0.633. The molecule has 1 heteroatoms. The van der Waals surface area contributed by atoms with E-state index in [1.807, 2.05) is 6.08 Å². The van der Waals surface area contributed by atoms with Gasteiger partial charge >= 0.3 is 0 Å². The fourth-order valence-corrected chi connectivity index (χ4v) is 0.994. The van der Waals surface area contributed by atoms with Gasteiger partial charge in [0, 0.05) is 5.54 Å². The minimum Gasteiger partial charge on any atom is -0.0933 e. The monoisotopic (exact) mass is 166 g/mol. The van der Waals surface area contributed by atoms with E-state index in [4.69, 9.17) is 11.6 Å². The van der Waals surface area contributed by atoms with Crippen molar-refractivity contribution in [2.45, 2.75) is 13.3 Å². The van der Waals surface area contributed by atoms with Gasteiger partial charge in [0.15, 0.2) is 0 Å². The maximum atomic E-state index is 5.40. The SMILES string of the molecule is Cc1ccc(C/C=C/Cl)cc1. The van der Waals surface area contributed by atoms with Crippen molar-refractivity contribution in [3.05, 3.63) is 47.0 Å². The summed E-state index contributed by atoms with van der Waals surface area (Å²) >= 11 is 5.40. The van der Waals surface area contributed by atoms with Crippen molar-refractivity contribution in [2.75, 3.05) is 0 Å². The number of hydrogen-bond donors (Lipinski definition) is 0. The minimum absolute atomic E-state index is 0.920. The highest BCUT2D eigenvalue weighted by Crippen LogP contribution is 2.04. The molecule has 0 heterocycles. The summed E-state index contributed by atoms with van der Waals surface area (Å²) in [4.78, 5) is 0. The lowest BCUT2D eigenvalue weighted by Crippen LogP contribution is -1.79. The standard InChI is InChI=1S/C10H11Cl/c1-9-4-6-10(7-5-9)3-2-8-11/h2,4-8H,3H2,1H3/b8-2+.